The van der Waals surface area contributed by atoms with E-state index in [4.69, 9.17) is 16.3 Å². The normalized spacial score (nSPS) is 19.0. The van der Waals surface area contributed by atoms with Crippen molar-refractivity contribution in [3.63, 3.8) is 0 Å². The SMILES string of the molecule is COc1ccc(C[C@@H]2SC(=Nc3ccc(Cl)cc3)NC2=O)cc1. The van der Waals surface area contributed by atoms with Crippen LogP contribution >= 0.6 is 23.4 Å². The highest BCUT2D eigenvalue weighted by atomic mass is 35.5. The van der Waals surface area contributed by atoms with Gasteiger partial charge in [0.05, 0.1) is 18.0 Å². The van der Waals surface area contributed by atoms with Gasteiger partial charge in [0.2, 0.25) is 5.91 Å². The molecule has 6 heteroatoms. The molecule has 0 aromatic heterocycles. The molecule has 0 saturated carbocycles. The first-order valence-electron chi connectivity index (χ1n) is 7.09. The van der Waals surface area contributed by atoms with Gasteiger partial charge < -0.3 is 10.1 Å². The van der Waals surface area contributed by atoms with Crippen molar-refractivity contribution >= 4 is 40.1 Å². The molecule has 1 atom stereocenters. The molecule has 118 valence electrons. The van der Waals surface area contributed by atoms with E-state index in [-0.39, 0.29) is 11.2 Å². The summed E-state index contributed by atoms with van der Waals surface area (Å²) in [5, 5.41) is 3.94. The number of carbonyl (C=O) groups is 1. The van der Waals surface area contributed by atoms with Crippen LogP contribution in [0.15, 0.2) is 53.5 Å². The fraction of sp³-hybridized carbons (Fsp3) is 0.176. The first-order chi connectivity index (χ1) is 11.1. The first kappa shape index (κ1) is 15.9. The summed E-state index contributed by atoms with van der Waals surface area (Å²) >= 11 is 7.30. The summed E-state index contributed by atoms with van der Waals surface area (Å²) in [4.78, 5) is 16.5. The predicted molar refractivity (Wildman–Crippen MR) is 94.8 cm³/mol. The second kappa shape index (κ2) is 7.06. The van der Waals surface area contributed by atoms with Crippen LogP contribution in [-0.4, -0.2) is 23.4 Å². The number of halogens is 1. The summed E-state index contributed by atoms with van der Waals surface area (Å²) in [6, 6.07) is 14.9. The van der Waals surface area contributed by atoms with E-state index in [1.807, 2.05) is 36.4 Å². The number of methoxy groups -OCH3 is 1. The molecule has 1 N–H and O–H groups in total. The number of ether oxygens (including phenoxy) is 1. The van der Waals surface area contributed by atoms with Crippen molar-refractivity contribution in [3.05, 3.63) is 59.1 Å². The van der Waals surface area contributed by atoms with Crippen LogP contribution in [0, 0.1) is 0 Å². The van der Waals surface area contributed by atoms with Crippen LogP contribution in [0.1, 0.15) is 5.56 Å². The minimum atomic E-state index is -0.172. The van der Waals surface area contributed by atoms with E-state index in [1.54, 1.807) is 19.2 Å². The molecular formula is C17H15ClN2O2S. The Morgan fingerprint density at radius 1 is 1.17 bits per heavy atom. The van der Waals surface area contributed by atoms with E-state index in [0.717, 1.165) is 17.0 Å². The fourth-order valence-electron chi connectivity index (χ4n) is 2.20. The molecule has 0 aliphatic carbocycles. The molecule has 0 bridgehead atoms. The van der Waals surface area contributed by atoms with Crippen LogP contribution in [0.2, 0.25) is 5.02 Å². The molecular weight excluding hydrogens is 332 g/mol. The van der Waals surface area contributed by atoms with E-state index >= 15 is 0 Å². The lowest BCUT2D eigenvalue weighted by Crippen LogP contribution is -2.25. The number of amides is 1. The number of aliphatic imine (C=N–C) groups is 1. The van der Waals surface area contributed by atoms with Gasteiger partial charge >= 0.3 is 0 Å². The van der Waals surface area contributed by atoms with Crippen LogP contribution < -0.4 is 10.1 Å². The molecule has 1 saturated heterocycles. The Hall–Kier alpha value is -1.98. The van der Waals surface area contributed by atoms with Gasteiger partial charge in [-0.15, -0.1) is 0 Å². The zero-order valence-electron chi connectivity index (χ0n) is 12.5. The number of thioether (sulfide) groups is 1. The maximum atomic E-state index is 12.1. The molecule has 0 radical (unpaired) electrons. The second-order valence-corrected chi connectivity index (χ2v) is 6.67. The van der Waals surface area contributed by atoms with E-state index < -0.39 is 0 Å². The number of hydrogen-bond donors (Lipinski definition) is 1. The van der Waals surface area contributed by atoms with Gasteiger partial charge in [0, 0.05) is 5.02 Å². The molecule has 4 nitrogen and oxygen atoms in total. The lowest BCUT2D eigenvalue weighted by Gasteiger charge is -2.06. The third kappa shape index (κ3) is 4.06. The summed E-state index contributed by atoms with van der Waals surface area (Å²) in [6.45, 7) is 0. The van der Waals surface area contributed by atoms with Gasteiger partial charge in [-0.2, -0.15) is 0 Å². The zero-order chi connectivity index (χ0) is 16.2. The maximum Gasteiger partial charge on any atom is 0.239 e. The second-order valence-electron chi connectivity index (χ2n) is 5.04. The number of benzene rings is 2. The summed E-state index contributed by atoms with van der Waals surface area (Å²) in [5.41, 5.74) is 1.86. The fourth-order valence-corrected chi connectivity index (χ4v) is 3.36. The largest absolute Gasteiger partial charge is 0.497 e. The third-order valence-corrected chi connectivity index (χ3v) is 4.75. The summed E-state index contributed by atoms with van der Waals surface area (Å²) < 4.78 is 5.14. The molecule has 1 heterocycles. The molecule has 2 aromatic carbocycles. The smallest absolute Gasteiger partial charge is 0.239 e. The number of rotatable bonds is 4. The summed E-state index contributed by atoms with van der Waals surface area (Å²) in [5.74, 6) is 0.792. The molecule has 1 fully saturated rings. The van der Waals surface area contributed by atoms with Gasteiger partial charge in [-0.05, 0) is 48.4 Å². The van der Waals surface area contributed by atoms with E-state index in [9.17, 15) is 4.79 Å². The van der Waals surface area contributed by atoms with Crippen molar-refractivity contribution in [1.29, 1.82) is 0 Å². The standard InChI is InChI=1S/C17H15ClN2O2S/c1-22-14-8-2-11(3-9-14)10-15-16(21)20-17(23-15)19-13-6-4-12(18)5-7-13/h2-9,15H,10H2,1H3,(H,19,20,21)/t15-/m0/s1. The summed E-state index contributed by atoms with van der Waals surface area (Å²) in [7, 11) is 1.63. The molecule has 1 aliphatic heterocycles. The van der Waals surface area contributed by atoms with Gasteiger partial charge in [0.1, 0.15) is 5.75 Å². The quantitative estimate of drug-likeness (QED) is 0.915. The van der Waals surface area contributed by atoms with Crippen molar-refractivity contribution in [1.82, 2.24) is 5.32 Å². The van der Waals surface area contributed by atoms with Crippen molar-refractivity contribution in [2.45, 2.75) is 11.7 Å². The van der Waals surface area contributed by atoms with E-state index in [0.29, 0.717) is 16.6 Å². The summed E-state index contributed by atoms with van der Waals surface area (Å²) in [6.07, 6.45) is 0.653. The van der Waals surface area contributed by atoms with Gasteiger partial charge in [-0.3, -0.25) is 4.79 Å². The lowest BCUT2D eigenvalue weighted by molar-refractivity contribution is -0.118. The van der Waals surface area contributed by atoms with Gasteiger partial charge in [-0.25, -0.2) is 4.99 Å². The average Bonchev–Trinajstić information content (AvgIpc) is 2.90. The number of nitrogens with zero attached hydrogens (tertiary/aromatic N) is 1. The van der Waals surface area contributed by atoms with Gasteiger partial charge in [0.15, 0.2) is 5.17 Å². The Kier molecular flexibility index (Phi) is 4.88. The van der Waals surface area contributed by atoms with Crippen LogP contribution in [0.4, 0.5) is 5.69 Å². The Balaban J connectivity index is 1.68. The van der Waals surface area contributed by atoms with E-state index in [2.05, 4.69) is 10.3 Å². The molecule has 2 aromatic rings. The van der Waals surface area contributed by atoms with Crippen molar-refractivity contribution in [2.24, 2.45) is 4.99 Å². The number of hydrogen-bond acceptors (Lipinski definition) is 4. The molecule has 1 aliphatic rings. The zero-order valence-corrected chi connectivity index (χ0v) is 14.0. The van der Waals surface area contributed by atoms with Crippen LogP contribution in [-0.2, 0) is 11.2 Å². The Morgan fingerprint density at radius 3 is 2.52 bits per heavy atom. The highest BCUT2D eigenvalue weighted by Gasteiger charge is 2.30. The van der Waals surface area contributed by atoms with Crippen LogP contribution in [0.25, 0.3) is 0 Å². The molecule has 0 spiro atoms. The van der Waals surface area contributed by atoms with Crippen molar-refractivity contribution in [2.75, 3.05) is 7.11 Å². The first-order valence-corrected chi connectivity index (χ1v) is 8.34. The lowest BCUT2D eigenvalue weighted by atomic mass is 10.1. The number of carbonyl (C=O) groups excluding carboxylic acids is 1. The Labute approximate surface area is 143 Å². The Bertz CT molecular complexity index is 729. The van der Waals surface area contributed by atoms with Gasteiger partial charge in [0.25, 0.3) is 0 Å². The minimum Gasteiger partial charge on any atom is -0.497 e. The van der Waals surface area contributed by atoms with Crippen molar-refractivity contribution in [3.8, 4) is 5.75 Å². The molecule has 23 heavy (non-hydrogen) atoms. The highest BCUT2D eigenvalue weighted by Crippen LogP contribution is 2.26. The number of amidine groups is 1. The predicted octanol–water partition coefficient (Wildman–Crippen LogP) is 3.81. The molecule has 0 unspecified atom stereocenters. The Morgan fingerprint density at radius 2 is 1.87 bits per heavy atom. The van der Waals surface area contributed by atoms with Gasteiger partial charge in [-0.1, -0.05) is 35.5 Å². The topological polar surface area (TPSA) is 50.7 Å². The molecule has 1 amide bonds. The third-order valence-electron chi connectivity index (χ3n) is 3.41. The maximum absolute atomic E-state index is 12.1. The van der Waals surface area contributed by atoms with E-state index in [1.165, 1.54) is 11.8 Å². The highest BCUT2D eigenvalue weighted by molar-refractivity contribution is 8.15. The monoisotopic (exact) mass is 346 g/mol. The molecule has 3 rings (SSSR count). The minimum absolute atomic E-state index is 0.0152. The average molecular weight is 347 g/mol. The van der Waals surface area contributed by atoms with Crippen LogP contribution in [0.3, 0.4) is 0 Å². The van der Waals surface area contributed by atoms with Crippen molar-refractivity contribution < 1.29 is 9.53 Å². The number of nitrogens with one attached hydrogen (secondary N) is 1. The van der Waals surface area contributed by atoms with Crippen LogP contribution in [0.5, 0.6) is 5.75 Å².